The third-order valence-corrected chi connectivity index (χ3v) is 1.85. The maximum absolute atomic E-state index is 10.2. The first-order valence-electron chi connectivity index (χ1n) is 3.41. The lowest BCUT2D eigenvalue weighted by atomic mass is 10.4. The van der Waals surface area contributed by atoms with E-state index in [-0.39, 0.29) is 6.42 Å². The van der Waals surface area contributed by atoms with E-state index in [1.165, 1.54) is 5.54 Å². The highest BCUT2D eigenvalue weighted by atomic mass is 35.5. The van der Waals surface area contributed by atoms with Gasteiger partial charge in [0.15, 0.2) is 0 Å². The van der Waals surface area contributed by atoms with Gasteiger partial charge in [0, 0.05) is 23.7 Å². The highest BCUT2D eigenvalue weighted by Crippen LogP contribution is 2.04. The van der Waals surface area contributed by atoms with Crippen LogP contribution in [0.25, 0.3) is 0 Å². The van der Waals surface area contributed by atoms with E-state index in [0.717, 1.165) is 0 Å². The number of carboxylic acid groups (broad SMARTS) is 1. The molecule has 0 aromatic carbocycles. The summed E-state index contributed by atoms with van der Waals surface area (Å²) in [5.41, 5.74) is 1.28. The summed E-state index contributed by atoms with van der Waals surface area (Å²) in [5, 5.41) is 8.86. The van der Waals surface area contributed by atoms with E-state index in [2.05, 4.69) is 0 Å². The van der Waals surface area contributed by atoms with Crippen molar-refractivity contribution in [2.75, 3.05) is 20.1 Å². The Labute approximate surface area is 81.6 Å². The van der Waals surface area contributed by atoms with Crippen molar-refractivity contribution in [2.45, 2.75) is 6.42 Å². The minimum atomic E-state index is -0.812. The third-order valence-electron chi connectivity index (χ3n) is 1.25. The van der Waals surface area contributed by atoms with Crippen LogP contribution in [-0.2, 0) is 4.79 Å². The molecule has 0 bridgehead atoms. The maximum Gasteiger partial charge on any atom is 0.304 e. The number of carbonyl (C=O) groups is 1. The second kappa shape index (κ2) is 6.29. The van der Waals surface area contributed by atoms with E-state index < -0.39 is 5.97 Å². The van der Waals surface area contributed by atoms with Crippen LogP contribution in [-0.4, -0.2) is 36.1 Å². The second-order valence-corrected chi connectivity index (χ2v) is 3.14. The van der Waals surface area contributed by atoms with Gasteiger partial charge in [0.1, 0.15) is 0 Å². The Kier molecular flexibility index (Phi) is 6.16. The van der Waals surface area contributed by atoms with Crippen molar-refractivity contribution in [2.24, 2.45) is 0 Å². The molecule has 0 atom stereocenters. The molecule has 0 aliphatic carbocycles. The van der Waals surface area contributed by atoms with Crippen LogP contribution < -0.4 is 0 Å². The van der Waals surface area contributed by atoms with Gasteiger partial charge in [-0.25, -0.2) is 0 Å². The van der Waals surface area contributed by atoms with Gasteiger partial charge in [0.25, 0.3) is 0 Å². The topological polar surface area (TPSA) is 40.5 Å². The van der Waals surface area contributed by atoms with Gasteiger partial charge >= 0.3 is 5.97 Å². The smallest absolute Gasteiger partial charge is 0.304 e. The molecule has 5 heteroatoms. The predicted molar refractivity (Wildman–Crippen MR) is 49.5 cm³/mol. The molecule has 0 amide bonds. The van der Waals surface area contributed by atoms with E-state index in [0.29, 0.717) is 18.1 Å². The SMILES string of the molecule is CN(CCC(=O)O)CC(Cl)=CCl. The number of halogens is 2. The summed E-state index contributed by atoms with van der Waals surface area (Å²) in [6.07, 6.45) is 0.114. The summed E-state index contributed by atoms with van der Waals surface area (Å²) in [4.78, 5) is 11.9. The number of hydrogen-bond donors (Lipinski definition) is 1. The minimum absolute atomic E-state index is 0.114. The highest BCUT2D eigenvalue weighted by Gasteiger charge is 2.03. The maximum atomic E-state index is 10.2. The Balaban J connectivity index is 3.59. The van der Waals surface area contributed by atoms with Crippen LogP contribution >= 0.6 is 23.2 Å². The van der Waals surface area contributed by atoms with Crippen LogP contribution in [0.2, 0.25) is 0 Å². The molecule has 0 aromatic heterocycles. The largest absolute Gasteiger partial charge is 0.481 e. The molecule has 0 saturated heterocycles. The van der Waals surface area contributed by atoms with Crippen LogP contribution in [0, 0.1) is 0 Å². The highest BCUT2D eigenvalue weighted by molar-refractivity contribution is 6.36. The zero-order valence-corrected chi connectivity index (χ0v) is 8.27. The molecule has 0 radical (unpaired) electrons. The van der Waals surface area contributed by atoms with Gasteiger partial charge in [-0.05, 0) is 7.05 Å². The normalized spacial score (nSPS) is 12.2. The lowest BCUT2D eigenvalue weighted by Crippen LogP contribution is -2.23. The van der Waals surface area contributed by atoms with Crippen LogP contribution in [0.4, 0.5) is 0 Å². The molecule has 0 spiro atoms. The number of carboxylic acids is 1. The molecule has 70 valence electrons. The van der Waals surface area contributed by atoms with E-state index in [1.807, 2.05) is 0 Å². The van der Waals surface area contributed by atoms with Crippen molar-refractivity contribution < 1.29 is 9.90 Å². The molecular formula is C7H11Cl2NO2. The number of nitrogens with zero attached hydrogens (tertiary/aromatic N) is 1. The molecule has 0 unspecified atom stereocenters. The van der Waals surface area contributed by atoms with Gasteiger partial charge < -0.3 is 10.0 Å². The molecule has 1 N–H and O–H groups in total. The molecule has 0 heterocycles. The third kappa shape index (κ3) is 6.46. The van der Waals surface area contributed by atoms with Gasteiger partial charge in [-0.2, -0.15) is 0 Å². The summed E-state index contributed by atoms with van der Waals surface area (Å²) in [6.45, 7) is 0.953. The fraction of sp³-hybridized carbons (Fsp3) is 0.571. The summed E-state index contributed by atoms with van der Waals surface area (Å²) < 4.78 is 0. The zero-order chi connectivity index (χ0) is 9.56. The van der Waals surface area contributed by atoms with Crippen molar-refractivity contribution in [3.05, 3.63) is 10.6 Å². The Bertz CT molecular complexity index is 182. The standard InChI is InChI=1S/C7H11Cl2NO2/c1-10(3-2-7(11)12)5-6(9)4-8/h4H,2-3,5H2,1H3,(H,11,12). The predicted octanol–water partition coefficient (Wildman–Crippen LogP) is 1.71. The average molecular weight is 212 g/mol. The molecule has 3 nitrogen and oxygen atoms in total. The second-order valence-electron chi connectivity index (χ2n) is 2.44. The molecular weight excluding hydrogens is 201 g/mol. The summed E-state index contributed by atoms with van der Waals surface area (Å²) >= 11 is 10.9. The Morgan fingerprint density at radius 3 is 2.67 bits per heavy atom. The minimum Gasteiger partial charge on any atom is -0.481 e. The molecule has 12 heavy (non-hydrogen) atoms. The first-order chi connectivity index (χ1) is 5.56. The molecule has 0 saturated carbocycles. The van der Waals surface area contributed by atoms with E-state index in [9.17, 15) is 4.79 Å². The van der Waals surface area contributed by atoms with Crippen LogP contribution in [0.15, 0.2) is 10.6 Å². The Hall–Kier alpha value is -0.250. The van der Waals surface area contributed by atoms with Gasteiger partial charge in [-0.15, -0.1) is 0 Å². The lowest BCUT2D eigenvalue weighted by molar-refractivity contribution is -0.137. The van der Waals surface area contributed by atoms with E-state index >= 15 is 0 Å². The van der Waals surface area contributed by atoms with Crippen molar-refractivity contribution in [3.8, 4) is 0 Å². The van der Waals surface area contributed by atoms with E-state index in [1.54, 1.807) is 11.9 Å². The van der Waals surface area contributed by atoms with Crippen molar-refractivity contribution in [3.63, 3.8) is 0 Å². The molecule has 0 aliphatic heterocycles. The summed E-state index contributed by atoms with van der Waals surface area (Å²) in [7, 11) is 1.78. The van der Waals surface area contributed by atoms with Crippen LogP contribution in [0.1, 0.15) is 6.42 Å². The average Bonchev–Trinajstić information content (AvgIpc) is 2.00. The molecule has 0 fully saturated rings. The van der Waals surface area contributed by atoms with Crippen molar-refractivity contribution in [1.29, 1.82) is 0 Å². The van der Waals surface area contributed by atoms with Crippen molar-refractivity contribution >= 4 is 29.2 Å². The monoisotopic (exact) mass is 211 g/mol. The van der Waals surface area contributed by atoms with E-state index in [4.69, 9.17) is 28.3 Å². The molecule has 0 aliphatic rings. The fourth-order valence-corrected chi connectivity index (χ4v) is 0.931. The van der Waals surface area contributed by atoms with Gasteiger partial charge in [-0.3, -0.25) is 4.79 Å². The Morgan fingerprint density at radius 2 is 2.25 bits per heavy atom. The molecule has 0 aromatic rings. The van der Waals surface area contributed by atoms with Gasteiger partial charge in [-0.1, -0.05) is 23.2 Å². The van der Waals surface area contributed by atoms with Crippen molar-refractivity contribution in [1.82, 2.24) is 4.90 Å². The van der Waals surface area contributed by atoms with Crippen LogP contribution in [0.5, 0.6) is 0 Å². The van der Waals surface area contributed by atoms with Gasteiger partial charge in [0.05, 0.1) is 6.42 Å². The number of hydrogen-bond acceptors (Lipinski definition) is 2. The van der Waals surface area contributed by atoms with Gasteiger partial charge in [0.2, 0.25) is 0 Å². The fourth-order valence-electron chi connectivity index (χ4n) is 0.658. The first-order valence-corrected chi connectivity index (χ1v) is 4.22. The molecule has 0 rings (SSSR count). The number of rotatable bonds is 5. The van der Waals surface area contributed by atoms with Crippen LogP contribution in [0.3, 0.4) is 0 Å². The summed E-state index contributed by atoms with van der Waals surface area (Å²) in [6, 6.07) is 0. The number of aliphatic carboxylic acids is 1. The first kappa shape index (κ1) is 11.8. The summed E-state index contributed by atoms with van der Waals surface area (Å²) in [5.74, 6) is -0.812. The number of likely N-dealkylation sites (N-methyl/N-ethyl adjacent to an activating group) is 1. The zero-order valence-electron chi connectivity index (χ0n) is 6.76. The quantitative estimate of drug-likeness (QED) is 0.754. The lowest BCUT2D eigenvalue weighted by Gasteiger charge is -2.13. The Morgan fingerprint density at radius 1 is 1.67 bits per heavy atom.